The minimum absolute atomic E-state index is 0.00903. The normalized spacial score (nSPS) is 13.9. The number of rotatable bonds is 21. The Hall–Kier alpha value is -2.12. The molecule has 0 aliphatic rings. The van der Waals surface area contributed by atoms with Crippen molar-refractivity contribution >= 4 is 40.4 Å². The predicted octanol–water partition coefficient (Wildman–Crippen LogP) is -2.78. The summed E-state index contributed by atoms with van der Waals surface area (Å²) in [5, 5.41) is 34.0. The van der Waals surface area contributed by atoms with Crippen LogP contribution >= 0.6 is 22.6 Å². The first-order chi connectivity index (χ1) is 18.5. The zero-order chi connectivity index (χ0) is 29.3. The third kappa shape index (κ3) is 14.7. The lowest BCUT2D eigenvalue weighted by atomic mass is 9.98. The minimum atomic E-state index is -1.17. The van der Waals surface area contributed by atoms with E-state index in [4.69, 9.17) is 22.9 Å². The molecule has 2 amide bonds. The van der Waals surface area contributed by atoms with Crippen molar-refractivity contribution in [3.05, 3.63) is 29.8 Å². The number of amides is 2. The molecule has 0 bridgehead atoms. The van der Waals surface area contributed by atoms with Crippen LogP contribution in [0, 0.1) is 0 Å². The number of aromatic hydroxyl groups is 1. The van der Waals surface area contributed by atoms with Gasteiger partial charge >= 0.3 is 5.97 Å². The van der Waals surface area contributed by atoms with Gasteiger partial charge in [-0.25, -0.2) is 4.79 Å². The van der Waals surface area contributed by atoms with Crippen molar-refractivity contribution in [2.45, 2.75) is 42.9 Å². The fourth-order valence-electron chi connectivity index (χ4n) is 3.63. The molecule has 0 aromatic heterocycles. The van der Waals surface area contributed by atoms with E-state index in [1.165, 1.54) is 12.1 Å². The average Bonchev–Trinajstić information content (AvgIpc) is 2.89. The highest BCUT2D eigenvalue weighted by atomic mass is 127. The standard InChI is InChI=1S/C24H44IN9O5/c25-16-32-14-23(11-26,13-30-8-9-31-15-24(28,29)12-27)34-21(37)3-1-2-20(36)33-19(22(38)39)10-17-4-6-18(35)7-5-17/h4-7,19,30-32,35H,1-3,8-16,26-29H2,(H,33,36)(H,34,37)(H,38,39)/t19?,23-/m0/s1. The maximum atomic E-state index is 12.7. The first-order valence-electron chi connectivity index (χ1n) is 12.7. The number of alkyl halides is 1. The molecule has 0 radical (unpaired) electrons. The van der Waals surface area contributed by atoms with E-state index in [1.807, 2.05) is 0 Å². The summed E-state index contributed by atoms with van der Waals surface area (Å²) in [5.41, 5.74) is 22.1. The summed E-state index contributed by atoms with van der Waals surface area (Å²) < 4.78 is 0.667. The van der Waals surface area contributed by atoms with Crippen molar-refractivity contribution in [1.82, 2.24) is 26.6 Å². The number of halogens is 1. The lowest BCUT2D eigenvalue weighted by molar-refractivity contribution is -0.141. The van der Waals surface area contributed by atoms with Crippen LogP contribution in [-0.4, -0.2) is 95.6 Å². The Bertz CT molecular complexity index is 891. The van der Waals surface area contributed by atoms with Crippen LogP contribution in [0.15, 0.2) is 24.3 Å². The Morgan fingerprint density at radius 3 is 2.05 bits per heavy atom. The molecule has 1 rings (SSSR count). The molecule has 15 N–H and O–H groups in total. The number of nitrogens with one attached hydrogen (secondary N) is 5. The Morgan fingerprint density at radius 1 is 0.897 bits per heavy atom. The number of phenols is 1. The topological polar surface area (TPSA) is 256 Å². The van der Waals surface area contributed by atoms with E-state index in [2.05, 4.69) is 49.2 Å². The highest BCUT2D eigenvalue weighted by molar-refractivity contribution is 14.1. The first-order valence-corrected chi connectivity index (χ1v) is 14.3. The summed E-state index contributed by atoms with van der Waals surface area (Å²) in [4.78, 5) is 36.7. The van der Waals surface area contributed by atoms with Crippen LogP contribution in [0.2, 0.25) is 0 Å². The van der Waals surface area contributed by atoms with Crippen LogP contribution in [0.25, 0.3) is 0 Å². The summed E-state index contributed by atoms with van der Waals surface area (Å²) in [5.74, 6) is -1.83. The third-order valence-corrected chi connectivity index (χ3v) is 6.49. The molecule has 0 saturated carbocycles. The smallest absolute Gasteiger partial charge is 0.326 e. The molecule has 14 nitrogen and oxygen atoms in total. The molecule has 39 heavy (non-hydrogen) atoms. The van der Waals surface area contributed by atoms with Gasteiger partial charge in [0.15, 0.2) is 0 Å². The van der Waals surface area contributed by atoms with Crippen LogP contribution in [-0.2, 0) is 20.8 Å². The Kier molecular flexibility index (Phi) is 16.4. The van der Waals surface area contributed by atoms with Gasteiger partial charge in [-0.1, -0.05) is 34.7 Å². The van der Waals surface area contributed by atoms with Gasteiger partial charge in [0.1, 0.15) is 11.8 Å². The molecular formula is C24H44IN9O5. The number of hydrogen-bond donors (Lipinski definition) is 11. The second-order valence-corrected chi connectivity index (χ2v) is 10.3. The fourth-order valence-corrected chi connectivity index (χ4v) is 3.90. The van der Waals surface area contributed by atoms with Crippen LogP contribution < -0.4 is 49.5 Å². The number of carbonyl (C=O) groups excluding carboxylic acids is 2. The Labute approximate surface area is 242 Å². The Morgan fingerprint density at radius 2 is 1.49 bits per heavy atom. The van der Waals surface area contributed by atoms with Gasteiger partial charge in [-0.05, 0) is 24.1 Å². The second-order valence-electron chi connectivity index (χ2n) is 9.57. The summed E-state index contributed by atoms with van der Waals surface area (Å²) in [6, 6.07) is 4.97. The van der Waals surface area contributed by atoms with Gasteiger partial charge in [0.05, 0.1) is 11.2 Å². The summed E-state index contributed by atoms with van der Waals surface area (Å²) in [7, 11) is 0. The second kappa shape index (κ2) is 18.3. The summed E-state index contributed by atoms with van der Waals surface area (Å²) >= 11 is 2.17. The quantitative estimate of drug-likeness (QED) is 0.0210. The number of aliphatic carboxylic acids is 1. The number of carboxylic acid groups (broad SMARTS) is 1. The molecule has 0 saturated heterocycles. The maximum Gasteiger partial charge on any atom is 0.326 e. The molecule has 0 spiro atoms. The summed E-state index contributed by atoms with van der Waals surface area (Å²) in [6.45, 7) is 2.71. The zero-order valence-corrected chi connectivity index (χ0v) is 24.3. The molecule has 0 fully saturated rings. The fraction of sp³-hybridized carbons (Fsp3) is 0.625. The van der Waals surface area contributed by atoms with E-state index >= 15 is 0 Å². The molecular weight excluding hydrogens is 621 g/mol. The molecule has 0 heterocycles. The molecule has 0 aliphatic carbocycles. The van der Waals surface area contributed by atoms with Crippen LogP contribution in [0.5, 0.6) is 5.75 Å². The highest BCUT2D eigenvalue weighted by Crippen LogP contribution is 2.12. The number of carboxylic acids is 1. The van der Waals surface area contributed by atoms with Crippen LogP contribution in [0.3, 0.4) is 0 Å². The van der Waals surface area contributed by atoms with Crippen LogP contribution in [0.4, 0.5) is 0 Å². The Balaban J connectivity index is 2.52. The largest absolute Gasteiger partial charge is 0.508 e. The van der Waals surface area contributed by atoms with Crippen molar-refractivity contribution in [3.8, 4) is 5.75 Å². The van der Waals surface area contributed by atoms with Gasteiger partial charge in [-0.2, -0.15) is 0 Å². The predicted molar refractivity (Wildman–Crippen MR) is 158 cm³/mol. The highest BCUT2D eigenvalue weighted by Gasteiger charge is 2.30. The average molecular weight is 666 g/mol. The number of carbonyl (C=O) groups is 3. The molecule has 1 aromatic carbocycles. The SMILES string of the molecule is NCC(N)(N)CNCCNC[C@@](CN)(CNCI)NC(=O)CCCC(=O)NC(Cc1ccc(O)cc1)C(=O)O. The number of phenolic OH excluding ortho intramolecular Hbond substituents is 1. The summed E-state index contributed by atoms with van der Waals surface area (Å²) in [6.07, 6.45) is 0.372. The third-order valence-electron chi connectivity index (χ3n) is 5.95. The van der Waals surface area contributed by atoms with Gasteiger partial charge < -0.3 is 59.7 Å². The molecule has 1 aromatic rings. The molecule has 2 atom stereocenters. The van der Waals surface area contributed by atoms with E-state index < -0.39 is 29.1 Å². The van der Waals surface area contributed by atoms with Crippen LogP contribution in [0.1, 0.15) is 24.8 Å². The van der Waals surface area contributed by atoms with Gasteiger partial charge in [-0.15, -0.1) is 0 Å². The number of hydrogen-bond acceptors (Lipinski definition) is 11. The zero-order valence-electron chi connectivity index (χ0n) is 22.2. The van der Waals surface area contributed by atoms with Gasteiger partial charge in [0, 0.05) is 69.6 Å². The van der Waals surface area contributed by atoms with Crippen molar-refractivity contribution < 1.29 is 24.6 Å². The van der Waals surface area contributed by atoms with E-state index in [-0.39, 0.29) is 50.4 Å². The van der Waals surface area contributed by atoms with Crippen molar-refractivity contribution in [2.24, 2.45) is 22.9 Å². The molecule has 15 heteroatoms. The lowest BCUT2D eigenvalue weighted by Gasteiger charge is -2.34. The van der Waals surface area contributed by atoms with Crippen molar-refractivity contribution in [3.63, 3.8) is 0 Å². The van der Waals surface area contributed by atoms with Crippen molar-refractivity contribution in [2.75, 3.05) is 50.4 Å². The van der Waals surface area contributed by atoms with Gasteiger partial charge in [0.25, 0.3) is 0 Å². The molecule has 222 valence electrons. The number of nitrogens with two attached hydrogens (primary N) is 4. The lowest BCUT2D eigenvalue weighted by Crippen LogP contribution is -2.64. The molecule has 0 aliphatic heterocycles. The maximum absolute atomic E-state index is 12.7. The van der Waals surface area contributed by atoms with Gasteiger partial charge in [0.2, 0.25) is 11.8 Å². The van der Waals surface area contributed by atoms with E-state index in [0.717, 1.165) is 0 Å². The monoisotopic (exact) mass is 665 g/mol. The number of benzene rings is 1. The van der Waals surface area contributed by atoms with E-state index in [0.29, 0.717) is 42.8 Å². The van der Waals surface area contributed by atoms with Crippen molar-refractivity contribution in [1.29, 1.82) is 0 Å². The van der Waals surface area contributed by atoms with E-state index in [1.54, 1.807) is 12.1 Å². The molecule has 1 unspecified atom stereocenters. The van der Waals surface area contributed by atoms with Gasteiger partial charge in [-0.3, -0.25) is 9.59 Å². The van der Waals surface area contributed by atoms with E-state index in [9.17, 15) is 24.6 Å². The first kappa shape index (κ1) is 34.9. The minimum Gasteiger partial charge on any atom is -0.508 e.